The zero-order chi connectivity index (χ0) is 16.5. The van der Waals surface area contributed by atoms with Crippen LogP contribution in [0.2, 0.25) is 0 Å². The van der Waals surface area contributed by atoms with E-state index >= 15 is 0 Å². The van der Waals surface area contributed by atoms with Crippen LogP contribution in [-0.2, 0) is 14.3 Å². The van der Waals surface area contributed by atoms with Gasteiger partial charge in [-0.1, -0.05) is 18.2 Å². The molecule has 1 aromatic carbocycles. The standard InChI is InChI=1S/C18H25NO4/c1-2-22-18(21)12-13-19(15-10-11-15)17(20)9-6-14-23-16-7-4-3-5-8-16/h3-5,7-8,15H,2,6,9-14H2,1H3. The van der Waals surface area contributed by atoms with Crippen LogP contribution in [0.25, 0.3) is 0 Å². The summed E-state index contributed by atoms with van der Waals surface area (Å²) >= 11 is 0. The summed E-state index contributed by atoms with van der Waals surface area (Å²) in [6.45, 7) is 3.15. The van der Waals surface area contributed by atoms with E-state index in [0.717, 1.165) is 18.6 Å². The molecule has 1 saturated carbocycles. The van der Waals surface area contributed by atoms with Gasteiger partial charge in [0.15, 0.2) is 0 Å². The highest BCUT2D eigenvalue weighted by molar-refractivity contribution is 5.78. The normalized spacial score (nSPS) is 13.4. The monoisotopic (exact) mass is 319 g/mol. The van der Waals surface area contributed by atoms with E-state index in [2.05, 4.69) is 0 Å². The Kier molecular flexibility index (Phi) is 6.91. The summed E-state index contributed by atoms with van der Waals surface area (Å²) < 4.78 is 10.5. The average Bonchev–Trinajstić information content (AvgIpc) is 3.38. The zero-order valence-corrected chi connectivity index (χ0v) is 13.7. The second kappa shape index (κ2) is 9.18. The molecule has 0 aromatic heterocycles. The molecule has 0 bridgehead atoms. The molecule has 2 rings (SSSR count). The average molecular weight is 319 g/mol. The lowest BCUT2D eigenvalue weighted by molar-refractivity contribution is -0.144. The third-order valence-corrected chi connectivity index (χ3v) is 3.72. The molecular formula is C18H25NO4. The van der Waals surface area contributed by atoms with Gasteiger partial charge in [-0.3, -0.25) is 9.59 Å². The van der Waals surface area contributed by atoms with Gasteiger partial charge in [-0.25, -0.2) is 0 Å². The second-order valence-corrected chi connectivity index (χ2v) is 5.64. The van der Waals surface area contributed by atoms with Gasteiger partial charge in [0.25, 0.3) is 0 Å². The molecule has 126 valence electrons. The summed E-state index contributed by atoms with van der Waals surface area (Å²) in [5.41, 5.74) is 0. The minimum Gasteiger partial charge on any atom is -0.494 e. The molecular weight excluding hydrogens is 294 g/mol. The number of benzene rings is 1. The maximum Gasteiger partial charge on any atom is 0.307 e. The van der Waals surface area contributed by atoms with Crippen LogP contribution in [0.1, 0.15) is 39.0 Å². The van der Waals surface area contributed by atoms with Crippen molar-refractivity contribution >= 4 is 11.9 Å². The SMILES string of the molecule is CCOC(=O)CCN(C(=O)CCCOc1ccccc1)C1CC1. The minimum absolute atomic E-state index is 0.105. The summed E-state index contributed by atoms with van der Waals surface area (Å²) in [5, 5.41) is 0. The van der Waals surface area contributed by atoms with Gasteiger partial charge in [0.2, 0.25) is 5.91 Å². The lowest BCUT2D eigenvalue weighted by atomic mass is 10.2. The van der Waals surface area contributed by atoms with Gasteiger partial charge in [-0.05, 0) is 38.3 Å². The van der Waals surface area contributed by atoms with Gasteiger partial charge >= 0.3 is 5.97 Å². The van der Waals surface area contributed by atoms with Crippen LogP contribution < -0.4 is 4.74 Å². The predicted octanol–water partition coefficient (Wildman–Crippen LogP) is 2.79. The van der Waals surface area contributed by atoms with E-state index < -0.39 is 0 Å². The molecule has 0 N–H and O–H groups in total. The number of rotatable bonds is 10. The predicted molar refractivity (Wildman–Crippen MR) is 87.2 cm³/mol. The van der Waals surface area contributed by atoms with Crippen molar-refractivity contribution in [2.45, 2.75) is 45.1 Å². The molecule has 0 spiro atoms. The van der Waals surface area contributed by atoms with E-state index in [1.807, 2.05) is 35.2 Å². The Balaban J connectivity index is 1.68. The highest BCUT2D eigenvalue weighted by Gasteiger charge is 2.32. The fourth-order valence-electron chi connectivity index (χ4n) is 2.42. The van der Waals surface area contributed by atoms with Crippen LogP contribution in [0.5, 0.6) is 5.75 Å². The summed E-state index contributed by atoms with van der Waals surface area (Å²) in [6, 6.07) is 9.89. The van der Waals surface area contributed by atoms with Crippen molar-refractivity contribution in [2.24, 2.45) is 0 Å². The molecule has 0 aliphatic heterocycles. The van der Waals surface area contributed by atoms with E-state index in [1.54, 1.807) is 6.92 Å². The van der Waals surface area contributed by atoms with Crippen molar-refractivity contribution < 1.29 is 19.1 Å². The highest BCUT2D eigenvalue weighted by Crippen LogP contribution is 2.27. The number of carbonyl (C=O) groups excluding carboxylic acids is 2. The van der Waals surface area contributed by atoms with Gasteiger partial charge in [0.05, 0.1) is 19.6 Å². The number of amides is 1. The lowest BCUT2D eigenvalue weighted by Gasteiger charge is -2.22. The largest absolute Gasteiger partial charge is 0.494 e. The Labute approximate surface area is 137 Å². The molecule has 0 unspecified atom stereocenters. The summed E-state index contributed by atoms with van der Waals surface area (Å²) in [4.78, 5) is 25.6. The van der Waals surface area contributed by atoms with E-state index in [-0.39, 0.29) is 18.3 Å². The molecule has 1 aliphatic carbocycles. The van der Waals surface area contributed by atoms with E-state index in [9.17, 15) is 9.59 Å². The molecule has 1 fully saturated rings. The topological polar surface area (TPSA) is 55.8 Å². The summed E-state index contributed by atoms with van der Waals surface area (Å²) in [6.07, 6.45) is 3.48. The van der Waals surface area contributed by atoms with E-state index in [4.69, 9.17) is 9.47 Å². The number of ether oxygens (including phenoxy) is 2. The fraction of sp³-hybridized carbons (Fsp3) is 0.556. The molecule has 0 heterocycles. The number of carbonyl (C=O) groups is 2. The van der Waals surface area contributed by atoms with Gasteiger partial charge in [-0.2, -0.15) is 0 Å². The van der Waals surface area contributed by atoms with Gasteiger partial charge < -0.3 is 14.4 Å². The Hall–Kier alpha value is -2.04. The van der Waals surface area contributed by atoms with Crippen LogP contribution in [0.15, 0.2) is 30.3 Å². The van der Waals surface area contributed by atoms with Crippen molar-refractivity contribution in [3.8, 4) is 5.75 Å². The first-order valence-corrected chi connectivity index (χ1v) is 8.33. The summed E-state index contributed by atoms with van der Waals surface area (Å²) in [5.74, 6) is 0.688. The quantitative estimate of drug-likeness (QED) is 0.491. The first kappa shape index (κ1) is 17.3. The molecule has 5 nitrogen and oxygen atoms in total. The molecule has 0 atom stereocenters. The Morgan fingerprint density at radius 1 is 1.17 bits per heavy atom. The first-order chi connectivity index (χ1) is 11.2. The van der Waals surface area contributed by atoms with Gasteiger partial charge in [0, 0.05) is 19.0 Å². The van der Waals surface area contributed by atoms with Crippen molar-refractivity contribution in [3.05, 3.63) is 30.3 Å². The molecule has 1 amide bonds. The Morgan fingerprint density at radius 3 is 2.57 bits per heavy atom. The zero-order valence-electron chi connectivity index (χ0n) is 13.7. The maximum absolute atomic E-state index is 12.3. The summed E-state index contributed by atoms with van der Waals surface area (Å²) in [7, 11) is 0. The third kappa shape index (κ3) is 6.30. The minimum atomic E-state index is -0.238. The van der Waals surface area contributed by atoms with Gasteiger partial charge in [-0.15, -0.1) is 0 Å². The first-order valence-electron chi connectivity index (χ1n) is 8.33. The van der Waals surface area contributed by atoms with Gasteiger partial charge in [0.1, 0.15) is 5.75 Å². The Morgan fingerprint density at radius 2 is 1.91 bits per heavy atom. The smallest absolute Gasteiger partial charge is 0.307 e. The van der Waals surface area contributed by atoms with Crippen LogP contribution in [0, 0.1) is 0 Å². The van der Waals surface area contributed by atoms with Crippen LogP contribution in [0.3, 0.4) is 0 Å². The van der Waals surface area contributed by atoms with Crippen LogP contribution in [-0.4, -0.2) is 42.6 Å². The molecule has 23 heavy (non-hydrogen) atoms. The lowest BCUT2D eigenvalue weighted by Crippen LogP contribution is -2.35. The number of hydrogen-bond donors (Lipinski definition) is 0. The van der Waals surface area contributed by atoms with Crippen LogP contribution >= 0.6 is 0 Å². The third-order valence-electron chi connectivity index (χ3n) is 3.72. The van der Waals surface area contributed by atoms with Crippen molar-refractivity contribution in [1.29, 1.82) is 0 Å². The van der Waals surface area contributed by atoms with E-state index in [1.165, 1.54) is 0 Å². The molecule has 5 heteroatoms. The van der Waals surface area contributed by atoms with Crippen molar-refractivity contribution in [3.63, 3.8) is 0 Å². The maximum atomic E-state index is 12.3. The molecule has 1 aliphatic rings. The van der Waals surface area contributed by atoms with Crippen LogP contribution in [0.4, 0.5) is 0 Å². The molecule has 0 radical (unpaired) electrons. The van der Waals surface area contributed by atoms with E-state index in [0.29, 0.717) is 38.6 Å². The van der Waals surface area contributed by atoms with Crippen molar-refractivity contribution in [1.82, 2.24) is 4.90 Å². The molecule has 1 aromatic rings. The fourth-order valence-corrected chi connectivity index (χ4v) is 2.42. The Bertz CT molecular complexity index is 499. The number of esters is 1. The van der Waals surface area contributed by atoms with Crippen molar-refractivity contribution in [2.75, 3.05) is 19.8 Å². The number of hydrogen-bond acceptors (Lipinski definition) is 4. The number of para-hydroxylation sites is 1. The highest BCUT2D eigenvalue weighted by atomic mass is 16.5. The number of nitrogens with zero attached hydrogens (tertiary/aromatic N) is 1. The second-order valence-electron chi connectivity index (χ2n) is 5.64. The molecule has 0 saturated heterocycles.